The molecule has 2 rings (SSSR count). The van der Waals surface area contributed by atoms with Crippen molar-refractivity contribution in [2.24, 2.45) is 5.16 Å². The molecule has 17 heavy (non-hydrogen) atoms. The first-order valence-corrected chi connectivity index (χ1v) is 6.03. The molecule has 1 aliphatic rings. The van der Waals surface area contributed by atoms with E-state index in [0.717, 1.165) is 15.8 Å². The highest BCUT2D eigenvalue weighted by molar-refractivity contribution is 9.10. The molecule has 0 saturated carbocycles. The smallest absolute Gasteiger partial charge is 0.163 e. The fourth-order valence-electron chi connectivity index (χ4n) is 1.63. The van der Waals surface area contributed by atoms with E-state index in [4.69, 9.17) is 9.57 Å². The van der Waals surface area contributed by atoms with Gasteiger partial charge in [0.1, 0.15) is 17.6 Å². The quantitative estimate of drug-likeness (QED) is 0.912. The van der Waals surface area contributed by atoms with Crippen LogP contribution in [0.1, 0.15) is 19.4 Å². The van der Waals surface area contributed by atoms with Gasteiger partial charge in [0.25, 0.3) is 0 Å². The van der Waals surface area contributed by atoms with Crippen LogP contribution in [0.15, 0.2) is 27.8 Å². The van der Waals surface area contributed by atoms with Gasteiger partial charge in [0.05, 0.1) is 11.6 Å². The molecule has 1 unspecified atom stereocenters. The van der Waals surface area contributed by atoms with Crippen LogP contribution in [-0.2, 0) is 4.84 Å². The lowest BCUT2D eigenvalue weighted by atomic mass is 9.94. The highest BCUT2D eigenvalue weighted by Crippen LogP contribution is 2.30. The largest absolute Gasteiger partial charge is 0.496 e. The first kappa shape index (κ1) is 12.4. The van der Waals surface area contributed by atoms with Gasteiger partial charge in [0.2, 0.25) is 0 Å². The molecule has 0 aromatic heterocycles. The average molecular weight is 300 g/mol. The summed E-state index contributed by atoms with van der Waals surface area (Å²) in [4.78, 5) is 5.21. The van der Waals surface area contributed by atoms with Crippen molar-refractivity contribution in [1.29, 1.82) is 0 Å². The number of rotatable bonds is 2. The van der Waals surface area contributed by atoms with Crippen molar-refractivity contribution in [2.75, 3.05) is 7.11 Å². The minimum absolute atomic E-state index is 0.540. The van der Waals surface area contributed by atoms with Crippen molar-refractivity contribution in [2.45, 2.75) is 25.6 Å². The fraction of sp³-hybridized carbons (Fsp3) is 0.417. The zero-order valence-electron chi connectivity index (χ0n) is 9.90. The molecule has 1 heterocycles. The van der Waals surface area contributed by atoms with Crippen molar-refractivity contribution in [3.8, 4) is 5.75 Å². The second-order valence-corrected chi connectivity index (χ2v) is 5.28. The number of aliphatic hydroxyl groups excluding tert-OH is 1. The van der Waals surface area contributed by atoms with Crippen LogP contribution in [0.5, 0.6) is 5.75 Å². The van der Waals surface area contributed by atoms with Crippen LogP contribution in [0.2, 0.25) is 0 Å². The summed E-state index contributed by atoms with van der Waals surface area (Å²) in [6.07, 6.45) is -0.734. The summed E-state index contributed by atoms with van der Waals surface area (Å²) in [6.45, 7) is 3.60. The molecule has 1 aromatic carbocycles. The maximum absolute atomic E-state index is 10.1. The molecule has 1 aromatic rings. The Hall–Kier alpha value is -1.07. The maximum Gasteiger partial charge on any atom is 0.163 e. The molecule has 1 N–H and O–H groups in total. The van der Waals surface area contributed by atoms with Gasteiger partial charge < -0.3 is 14.7 Å². The SMILES string of the molecule is COc1ccc(C2=NOC(C)(C)C2O)cc1Br. The van der Waals surface area contributed by atoms with Gasteiger partial charge in [-0.2, -0.15) is 0 Å². The van der Waals surface area contributed by atoms with E-state index >= 15 is 0 Å². The molecular weight excluding hydrogens is 286 g/mol. The maximum atomic E-state index is 10.1. The molecule has 0 aliphatic carbocycles. The van der Waals surface area contributed by atoms with Crippen LogP contribution >= 0.6 is 15.9 Å². The predicted octanol–water partition coefficient (Wildman–Crippen LogP) is 2.33. The summed E-state index contributed by atoms with van der Waals surface area (Å²) in [7, 11) is 1.61. The summed E-state index contributed by atoms with van der Waals surface area (Å²) in [5.41, 5.74) is 0.677. The van der Waals surface area contributed by atoms with E-state index in [-0.39, 0.29) is 0 Å². The van der Waals surface area contributed by atoms with E-state index in [1.807, 2.05) is 18.2 Å². The number of methoxy groups -OCH3 is 1. The zero-order chi connectivity index (χ0) is 12.6. The van der Waals surface area contributed by atoms with Crippen molar-refractivity contribution >= 4 is 21.6 Å². The van der Waals surface area contributed by atoms with E-state index in [9.17, 15) is 5.11 Å². The molecule has 0 spiro atoms. The summed E-state index contributed by atoms with van der Waals surface area (Å²) in [5.74, 6) is 0.738. The van der Waals surface area contributed by atoms with E-state index < -0.39 is 11.7 Å². The summed E-state index contributed by atoms with van der Waals surface area (Å²) < 4.78 is 5.97. The summed E-state index contributed by atoms with van der Waals surface area (Å²) >= 11 is 3.40. The molecule has 0 amide bonds. The Balaban J connectivity index is 2.34. The zero-order valence-corrected chi connectivity index (χ0v) is 11.5. The predicted molar refractivity (Wildman–Crippen MR) is 68.4 cm³/mol. The number of oxime groups is 1. The van der Waals surface area contributed by atoms with Crippen LogP contribution in [-0.4, -0.2) is 29.6 Å². The number of halogens is 1. The number of benzene rings is 1. The molecule has 0 radical (unpaired) electrons. The number of ether oxygens (including phenoxy) is 1. The Bertz CT molecular complexity index is 471. The molecule has 5 heteroatoms. The van der Waals surface area contributed by atoms with Gasteiger partial charge >= 0.3 is 0 Å². The average Bonchev–Trinajstić information content (AvgIpc) is 2.54. The van der Waals surface area contributed by atoms with Gasteiger partial charge in [0.15, 0.2) is 5.60 Å². The van der Waals surface area contributed by atoms with E-state index in [1.165, 1.54) is 0 Å². The van der Waals surface area contributed by atoms with E-state index in [2.05, 4.69) is 21.1 Å². The third kappa shape index (κ3) is 2.17. The van der Waals surface area contributed by atoms with Crippen LogP contribution in [0.3, 0.4) is 0 Å². The molecule has 1 atom stereocenters. The van der Waals surface area contributed by atoms with Crippen LogP contribution in [0, 0.1) is 0 Å². The lowest BCUT2D eigenvalue weighted by Crippen LogP contribution is -2.38. The third-order valence-corrected chi connectivity index (χ3v) is 3.36. The van der Waals surface area contributed by atoms with Gasteiger partial charge in [-0.1, -0.05) is 5.16 Å². The Kier molecular flexibility index (Phi) is 3.14. The van der Waals surface area contributed by atoms with Crippen molar-refractivity contribution in [3.63, 3.8) is 0 Å². The fourth-order valence-corrected chi connectivity index (χ4v) is 2.17. The molecule has 1 aliphatic heterocycles. The molecule has 0 fully saturated rings. The number of nitrogens with zero attached hydrogens (tertiary/aromatic N) is 1. The lowest BCUT2D eigenvalue weighted by Gasteiger charge is -2.20. The molecule has 4 nitrogen and oxygen atoms in total. The first-order chi connectivity index (χ1) is 7.95. The van der Waals surface area contributed by atoms with Crippen LogP contribution in [0.4, 0.5) is 0 Å². The van der Waals surface area contributed by atoms with E-state index in [1.54, 1.807) is 21.0 Å². The van der Waals surface area contributed by atoms with Gasteiger partial charge in [-0.25, -0.2) is 0 Å². The Morgan fingerprint density at radius 3 is 2.65 bits per heavy atom. The molecule has 0 saturated heterocycles. The summed E-state index contributed by atoms with van der Waals surface area (Å²) in [5, 5.41) is 14.0. The van der Waals surface area contributed by atoms with Crippen molar-refractivity contribution in [1.82, 2.24) is 0 Å². The topological polar surface area (TPSA) is 51.0 Å². The Morgan fingerprint density at radius 1 is 1.47 bits per heavy atom. The third-order valence-electron chi connectivity index (χ3n) is 2.74. The second kappa shape index (κ2) is 4.31. The van der Waals surface area contributed by atoms with Gasteiger partial charge in [0, 0.05) is 5.56 Å². The van der Waals surface area contributed by atoms with Gasteiger partial charge in [-0.15, -0.1) is 0 Å². The van der Waals surface area contributed by atoms with Gasteiger partial charge in [-0.05, 0) is 48.0 Å². The monoisotopic (exact) mass is 299 g/mol. The highest BCUT2D eigenvalue weighted by Gasteiger charge is 2.40. The molecular formula is C12H14BrNO3. The Labute approximate surface area is 108 Å². The molecule has 92 valence electrons. The standard InChI is InChI=1S/C12H14BrNO3/c1-12(2)11(15)10(14-17-12)7-4-5-9(16-3)8(13)6-7/h4-6,11,15H,1-3H3. The van der Waals surface area contributed by atoms with Crippen LogP contribution < -0.4 is 4.74 Å². The summed E-state index contributed by atoms with van der Waals surface area (Å²) in [6, 6.07) is 5.52. The first-order valence-electron chi connectivity index (χ1n) is 5.24. The number of aliphatic hydroxyl groups is 1. The lowest BCUT2D eigenvalue weighted by molar-refractivity contribution is -0.0476. The second-order valence-electron chi connectivity index (χ2n) is 4.42. The Morgan fingerprint density at radius 2 is 2.18 bits per heavy atom. The van der Waals surface area contributed by atoms with Crippen molar-refractivity contribution < 1.29 is 14.7 Å². The molecule has 0 bridgehead atoms. The van der Waals surface area contributed by atoms with Crippen molar-refractivity contribution in [3.05, 3.63) is 28.2 Å². The van der Waals surface area contributed by atoms with Crippen LogP contribution in [0.25, 0.3) is 0 Å². The minimum atomic E-state index is -0.734. The number of hydrogen-bond acceptors (Lipinski definition) is 4. The minimum Gasteiger partial charge on any atom is -0.496 e. The number of hydrogen-bond donors (Lipinski definition) is 1. The highest BCUT2D eigenvalue weighted by atomic mass is 79.9. The van der Waals surface area contributed by atoms with E-state index in [0.29, 0.717) is 5.71 Å². The van der Waals surface area contributed by atoms with Gasteiger partial charge in [-0.3, -0.25) is 0 Å². The normalized spacial score (nSPS) is 21.9.